The number of aliphatic hydroxyl groups excluding tert-OH is 1. The van der Waals surface area contributed by atoms with Crippen molar-refractivity contribution in [3.05, 3.63) is 85.1 Å². The third kappa shape index (κ3) is 72.6. The molecule has 0 aliphatic heterocycles. The van der Waals surface area contributed by atoms with Gasteiger partial charge in [-0.15, -0.1) is 0 Å². The van der Waals surface area contributed by atoms with Crippen molar-refractivity contribution in [1.29, 1.82) is 0 Å². The molecule has 580 valence electrons. The number of ether oxygens (including phenoxy) is 4. The zero-order valence-corrected chi connectivity index (χ0v) is 65.2. The van der Waals surface area contributed by atoms with E-state index in [2.05, 4.69) is 113 Å². The largest absolute Gasteiger partial charge is 0.472 e. The molecule has 19 heteroatoms. The van der Waals surface area contributed by atoms with Gasteiger partial charge in [-0.2, -0.15) is 0 Å². The molecule has 17 nitrogen and oxygen atoms in total. The Balaban J connectivity index is 5.31. The van der Waals surface area contributed by atoms with E-state index >= 15 is 0 Å². The van der Waals surface area contributed by atoms with Gasteiger partial charge < -0.3 is 33.8 Å². The normalized spacial score (nSPS) is 14.3. The van der Waals surface area contributed by atoms with Gasteiger partial charge >= 0.3 is 39.5 Å². The quantitative estimate of drug-likeness (QED) is 0.0169. The maximum atomic E-state index is 13.1. The van der Waals surface area contributed by atoms with Gasteiger partial charge in [-0.25, -0.2) is 9.13 Å². The molecule has 0 saturated heterocycles. The maximum absolute atomic E-state index is 13.1. The molecule has 0 radical (unpaired) electrons. The van der Waals surface area contributed by atoms with E-state index < -0.39 is 97.5 Å². The first kappa shape index (κ1) is 96.2. The Bertz CT molecular complexity index is 2230. The Morgan fingerprint density at radius 3 is 0.840 bits per heavy atom. The zero-order chi connectivity index (χ0) is 73.2. The molecular weight excluding hydrogens is 1310 g/mol. The molecule has 0 aliphatic carbocycles. The number of hydrogen-bond donors (Lipinski definition) is 3. The lowest BCUT2D eigenvalue weighted by Crippen LogP contribution is -2.30. The number of phosphoric ester groups is 2. The Morgan fingerprint density at radius 2 is 0.530 bits per heavy atom. The van der Waals surface area contributed by atoms with Crippen molar-refractivity contribution >= 4 is 39.5 Å². The minimum atomic E-state index is -4.98. The SMILES string of the molecule is CC/C=C\C/C=C\C/C=C\C/C=C\CCCCCCCCC(=O)OCC(COP(=O)(O)OCC(O)COP(=O)(O)OCC(COC(=O)CCCCCCC/C=C\CCCCCCCC)OC(=O)CCCCCCC/C=C\CCCCCCCC)OC(=O)CCCCCCC/C=C\CCCC. The van der Waals surface area contributed by atoms with Crippen LogP contribution in [0.4, 0.5) is 0 Å². The Hall–Kier alpha value is -3.76. The number of aliphatic hydroxyl groups is 1. The van der Waals surface area contributed by atoms with E-state index in [0.29, 0.717) is 25.7 Å². The molecule has 0 aromatic heterocycles. The molecule has 5 atom stereocenters. The Morgan fingerprint density at radius 1 is 0.290 bits per heavy atom. The van der Waals surface area contributed by atoms with Crippen LogP contribution in [-0.4, -0.2) is 96.7 Å². The van der Waals surface area contributed by atoms with E-state index in [-0.39, 0.29) is 25.7 Å². The number of hydrogen-bond acceptors (Lipinski definition) is 15. The lowest BCUT2D eigenvalue weighted by molar-refractivity contribution is -0.161. The summed E-state index contributed by atoms with van der Waals surface area (Å²) in [6, 6.07) is 0. The third-order valence-corrected chi connectivity index (χ3v) is 18.7. The summed E-state index contributed by atoms with van der Waals surface area (Å²) in [5, 5.41) is 10.6. The first-order chi connectivity index (χ1) is 48.7. The molecule has 0 spiro atoms. The number of rotatable bonds is 75. The Kier molecular flexibility index (Phi) is 70.8. The molecule has 0 amide bonds. The summed E-state index contributed by atoms with van der Waals surface area (Å²) in [6.45, 7) is 4.71. The first-order valence-electron chi connectivity index (χ1n) is 39.8. The van der Waals surface area contributed by atoms with Crippen LogP contribution in [0.5, 0.6) is 0 Å². The van der Waals surface area contributed by atoms with Gasteiger partial charge in [-0.1, -0.05) is 273 Å². The summed E-state index contributed by atoms with van der Waals surface area (Å²) in [5.41, 5.74) is 0. The average Bonchev–Trinajstić information content (AvgIpc) is 0.953. The van der Waals surface area contributed by atoms with Crippen molar-refractivity contribution in [2.75, 3.05) is 39.6 Å². The molecule has 0 saturated carbocycles. The summed E-state index contributed by atoms with van der Waals surface area (Å²) in [6.07, 6.45) is 75.6. The van der Waals surface area contributed by atoms with Crippen LogP contribution in [-0.2, 0) is 65.4 Å². The molecule has 3 N–H and O–H groups in total. The van der Waals surface area contributed by atoms with Crippen LogP contribution in [0.2, 0.25) is 0 Å². The predicted molar refractivity (Wildman–Crippen MR) is 409 cm³/mol. The van der Waals surface area contributed by atoms with Crippen LogP contribution < -0.4 is 0 Å². The molecular formula is C81H144O17P2. The fourth-order valence-electron chi connectivity index (χ4n) is 10.7. The van der Waals surface area contributed by atoms with Gasteiger partial charge in [0.1, 0.15) is 19.3 Å². The van der Waals surface area contributed by atoms with E-state index in [1.54, 1.807) is 0 Å². The zero-order valence-electron chi connectivity index (χ0n) is 63.4. The predicted octanol–water partition coefficient (Wildman–Crippen LogP) is 23.0. The highest BCUT2D eigenvalue weighted by Gasteiger charge is 2.30. The van der Waals surface area contributed by atoms with E-state index in [1.165, 1.54) is 89.9 Å². The van der Waals surface area contributed by atoms with Gasteiger partial charge in [-0.3, -0.25) is 37.3 Å². The van der Waals surface area contributed by atoms with Crippen molar-refractivity contribution in [3.8, 4) is 0 Å². The van der Waals surface area contributed by atoms with Crippen molar-refractivity contribution in [2.45, 2.75) is 367 Å². The fourth-order valence-corrected chi connectivity index (χ4v) is 12.3. The van der Waals surface area contributed by atoms with Crippen molar-refractivity contribution in [2.24, 2.45) is 0 Å². The van der Waals surface area contributed by atoms with Crippen molar-refractivity contribution < 1.29 is 80.2 Å². The molecule has 0 aromatic carbocycles. The van der Waals surface area contributed by atoms with Gasteiger partial charge in [0.15, 0.2) is 12.2 Å². The van der Waals surface area contributed by atoms with Crippen LogP contribution in [0, 0.1) is 0 Å². The smallest absolute Gasteiger partial charge is 0.462 e. The Labute approximate surface area is 608 Å². The van der Waals surface area contributed by atoms with Crippen LogP contribution in [0.15, 0.2) is 85.1 Å². The molecule has 0 heterocycles. The standard InChI is InChI=1S/C81H144O17P2/c1-5-9-13-17-21-25-29-32-35-36-37-38-41-43-47-50-54-58-62-66-79(84)91-71-76(97-80(85)67-63-59-55-51-45-28-24-20-16-12-8-4)73-95-99(87,88)93-69-75(82)70-94-100(89,90)96-74-77(98-81(86)68-64-60-56-52-48-44-40-34-31-27-23-19-15-11-7-3)72-92-78(83)65-61-57-53-49-46-42-39-33-30-26-22-18-14-10-6-2/h9,13,20-21,24-25,32-35,37-40,75-77,82H,5-8,10-12,14-19,22-23,26-31,36,41-74H2,1-4H3,(H,87,88)(H,89,90)/b13-9-,24-20-,25-21-,35-32-,38-37-,39-33-,40-34-. The van der Waals surface area contributed by atoms with Crippen LogP contribution in [0.1, 0.15) is 349 Å². The highest BCUT2D eigenvalue weighted by molar-refractivity contribution is 7.47. The van der Waals surface area contributed by atoms with E-state index in [0.717, 1.165) is 180 Å². The van der Waals surface area contributed by atoms with Crippen LogP contribution >= 0.6 is 15.6 Å². The number of carbonyl (C=O) groups is 4. The summed E-state index contributed by atoms with van der Waals surface area (Å²) in [5.74, 6) is -2.20. The lowest BCUT2D eigenvalue weighted by Gasteiger charge is -2.21. The van der Waals surface area contributed by atoms with Crippen molar-refractivity contribution in [3.63, 3.8) is 0 Å². The second kappa shape index (κ2) is 73.5. The van der Waals surface area contributed by atoms with Gasteiger partial charge in [0.05, 0.1) is 26.4 Å². The highest BCUT2D eigenvalue weighted by Crippen LogP contribution is 2.45. The van der Waals surface area contributed by atoms with E-state index in [1.807, 2.05) is 0 Å². The molecule has 0 aromatic rings. The number of carbonyl (C=O) groups excluding carboxylic acids is 4. The molecule has 0 rings (SSSR count). The fraction of sp³-hybridized carbons (Fsp3) is 0.778. The second-order valence-electron chi connectivity index (χ2n) is 26.6. The summed E-state index contributed by atoms with van der Waals surface area (Å²) < 4.78 is 68.5. The minimum absolute atomic E-state index is 0.0817. The highest BCUT2D eigenvalue weighted by atomic mass is 31.2. The average molecular weight is 1450 g/mol. The molecule has 0 fully saturated rings. The van der Waals surface area contributed by atoms with Crippen molar-refractivity contribution in [1.82, 2.24) is 0 Å². The monoisotopic (exact) mass is 1450 g/mol. The van der Waals surface area contributed by atoms with Crippen LogP contribution in [0.25, 0.3) is 0 Å². The molecule has 0 bridgehead atoms. The van der Waals surface area contributed by atoms with Gasteiger partial charge in [0.2, 0.25) is 0 Å². The topological polar surface area (TPSA) is 237 Å². The summed E-state index contributed by atoms with van der Waals surface area (Å²) in [7, 11) is -9.95. The first-order valence-corrected chi connectivity index (χ1v) is 42.8. The maximum Gasteiger partial charge on any atom is 0.472 e. The molecule has 100 heavy (non-hydrogen) atoms. The number of allylic oxidation sites excluding steroid dienone is 14. The van der Waals surface area contributed by atoms with Gasteiger partial charge in [-0.05, 0) is 135 Å². The van der Waals surface area contributed by atoms with Gasteiger partial charge in [0, 0.05) is 25.7 Å². The third-order valence-electron chi connectivity index (χ3n) is 16.8. The second-order valence-corrected chi connectivity index (χ2v) is 29.5. The van der Waals surface area contributed by atoms with Crippen LogP contribution in [0.3, 0.4) is 0 Å². The number of unbranched alkanes of at least 4 members (excludes halogenated alkanes) is 35. The van der Waals surface area contributed by atoms with E-state index in [4.69, 9.17) is 37.0 Å². The number of phosphoric acid groups is 2. The lowest BCUT2D eigenvalue weighted by atomic mass is 10.1. The number of esters is 4. The van der Waals surface area contributed by atoms with E-state index in [9.17, 15) is 43.2 Å². The minimum Gasteiger partial charge on any atom is -0.462 e. The molecule has 0 aliphatic rings. The molecule has 5 unspecified atom stereocenters. The van der Waals surface area contributed by atoms with Gasteiger partial charge in [0.25, 0.3) is 0 Å². The summed E-state index contributed by atoms with van der Waals surface area (Å²) >= 11 is 0. The summed E-state index contributed by atoms with van der Waals surface area (Å²) in [4.78, 5) is 72.9.